The fourth-order valence-corrected chi connectivity index (χ4v) is 5.60. The molecule has 1 amide bonds. The Morgan fingerprint density at radius 3 is 2.59 bits per heavy atom. The number of carbonyl (C=O) groups excluding carboxylic acids is 1. The molecule has 8 heteroatoms. The molecule has 1 N–H and O–H groups in total. The van der Waals surface area contributed by atoms with Crippen molar-refractivity contribution in [2.45, 2.75) is 24.3 Å². The van der Waals surface area contributed by atoms with E-state index in [2.05, 4.69) is 21.2 Å². The number of fused-ring (bicyclic) bond motifs is 1. The van der Waals surface area contributed by atoms with Crippen LogP contribution in [0.15, 0.2) is 82.2 Å². The number of carbonyl (C=O) groups is 1. The molecule has 0 radical (unpaired) electrons. The third-order valence-electron chi connectivity index (χ3n) is 5.35. The second kappa shape index (κ2) is 9.34. The number of hydrogen-bond donors (Lipinski definition) is 1. The summed E-state index contributed by atoms with van der Waals surface area (Å²) in [5.74, 6) is 0.166. The Labute approximate surface area is 196 Å². The zero-order valence-corrected chi connectivity index (χ0v) is 19.9. The molecule has 166 valence electrons. The summed E-state index contributed by atoms with van der Waals surface area (Å²) in [5, 5.41) is 2.89. The van der Waals surface area contributed by atoms with Gasteiger partial charge >= 0.3 is 0 Å². The topological polar surface area (TPSA) is 75.7 Å². The van der Waals surface area contributed by atoms with Crippen LogP contribution in [0.2, 0.25) is 0 Å². The van der Waals surface area contributed by atoms with Gasteiger partial charge in [0.25, 0.3) is 15.9 Å². The number of nitrogens with zero attached hydrogens (tertiary/aromatic N) is 1. The number of hydrogen-bond acceptors (Lipinski definition) is 4. The highest BCUT2D eigenvalue weighted by molar-refractivity contribution is 9.10. The van der Waals surface area contributed by atoms with E-state index in [0.717, 1.165) is 21.3 Å². The summed E-state index contributed by atoms with van der Waals surface area (Å²) in [6.07, 6.45) is 0.698. The number of ether oxygens (including phenoxy) is 1. The molecule has 0 aliphatic carbocycles. The van der Waals surface area contributed by atoms with E-state index < -0.39 is 10.0 Å². The van der Waals surface area contributed by atoms with Crippen LogP contribution in [0.25, 0.3) is 0 Å². The molecule has 1 aliphatic rings. The van der Waals surface area contributed by atoms with Gasteiger partial charge in [-0.1, -0.05) is 46.3 Å². The second-order valence-electron chi connectivity index (χ2n) is 7.56. The first-order valence-corrected chi connectivity index (χ1v) is 12.5. The normalized spacial score (nSPS) is 14.0. The minimum atomic E-state index is -3.66. The fraction of sp³-hybridized carbons (Fsp3) is 0.208. The van der Waals surface area contributed by atoms with Crippen molar-refractivity contribution >= 4 is 37.5 Å². The fourth-order valence-electron chi connectivity index (χ4n) is 3.68. The Morgan fingerprint density at radius 1 is 1.09 bits per heavy atom. The van der Waals surface area contributed by atoms with Crippen molar-refractivity contribution in [2.75, 3.05) is 17.5 Å². The molecule has 1 heterocycles. The molecule has 6 nitrogen and oxygen atoms in total. The highest BCUT2D eigenvalue weighted by atomic mass is 79.9. The Hall–Kier alpha value is -2.84. The number of rotatable bonds is 7. The molecule has 3 aromatic carbocycles. The van der Waals surface area contributed by atoms with E-state index in [1.807, 2.05) is 55.5 Å². The molecule has 0 unspecified atom stereocenters. The second-order valence-corrected chi connectivity index (χ2v) is 10.3. The molecular weight excluding hydrogens is 492 g/mol. The average molecular weight is 515 g/mol. The van der Waals surface area contributed by atoms with Gasteiger partial charge in [0, 0.05) is 11.0 Å². The SMILES string of the molecule is C[C@@H](NC(=O)COc1ccc(S(=O)(=O)N2CCc3ccccc32)cc1)c1cccc(Br)c1. The van der Waals surface area contributed by atoms with Gasteiger partial charge < -0.3 is 10.1 Å². The zero-order valence-electron chi connectivity index (χ0n) is 17.5. The number of amides is 1. The van der Waals surface area contributed by atoms with Crippen molar-refractivity contribution < 1.29 is 17.9 Å². The maximum Gasteiger partial charge on any atom is 0.264 e. The van der Waals surface area contributed by atoms with Crippen LogP contribution in [0.4, 0.5) is 5.69 Å². The van der Waals surface area contributed by atoms with Crippen LogP contribution in [0.1, 0.15) is 24.1 Å². The molecule has 4 rings (SSSR count). The molecule has 0 fully saturated rings. The molecule has 3 aromatic rings. The van der Waals surface area contributed by atoms with Gasteiger partial charge in [0.15, 0.2) is 6.61 Å². The van der Waals surface area contributed by atoms with Gasteiger partial charge in [-0.05, 0) is 66.9 Å². The summed E-state index contributed by atoms with van der Waals surface area (Å²) in [6.45, 7) is 2.16. The van der Waals surface area contributed by atoms with Gasteiger partial charge in [0.1, 0.15) is 5.75 Å². The van der Waals surface area contributed by atoms with Crippen molar-refractivity contribution in [3.8, 4) is 5.75 Å². The average Bonchev–Trinajstić information content (AvgIpc) is 3.23. The lowest BCUT2D eigenvalue weighted by atomic mass is 10.1. The van der Waals surface area contributed by atoms with Crippen LogP contribution >= 0.6 is 15.9 Å². The summed E-state index contributed by atoms with van der Waals surface area (Å²) < 4.78 is 34.1. The number of anilines is 1. The Kier molecular flexibility index (Phi) is 6.53. The Morgan fingerprint density at radius 2 is 1.84 bits per heavy atom. The Balaban J connectivity index is 1.36. The monoisotopic (exact) mass is 514 g/mol. The third kappa shape index (κ3) is 4.81. The number of sulfonamides is 1. The van der Waals surface area contributed by atoms with E-state index in [9.17, 15) is 13.2 Å². The lowest BCUT2D eigenvalue weighted by Crippen LogP contribution is -2.31. The molecule has 0 saturated heterocycles. The minimum absolute atomic E-state index is 0.163. The molecule has 0 saturated carbocycles. The van der Waals surface area contributed by atoms with Crippen molar-refractivity contribution in [1.29, 1.82) is 0 Å². The first-order valence-electron chi connectivity index (χ1n) is 10.2. The lowest BCUT2D eigenvalue weighted by molar-refractivity contribution is -0.123. The predicted molar refractivity (Wildman–Crippen MR) is 127 cm³/mol. The number of para-hydroxylation sites is 1. The lowest BCUT2D eigenvalue weighted by Gasteiger charge is -2.19. The molecule has 1 atom stereocenters. The molecule has 0 aromatic heterocycles. The van der Waals surface area contributed by atoms with Gasteiger partial charge in [0.2, 0.25) is 0 Å². The van der Waals surface area contributed by atoms with Crippen LogP contribution in [0.5, 0.6) is 5.75 Å². The maximum absolute atomic E-state index is 13.1. The third-order valence-corrected chi connectivity index (χ3v) is 7.67. The van der Waals surface area contributed by atoms with E-state index >= 15 is 0 Å². The standard InChI is InChI=1S/C24H23BrN2O4S/c1-17(19-6-4-7-20(25)15-19)26-24(28)16-31-21-9-11-22(12-10-21)32(29,30)27-14-13-18-5-2-3-8-23(18)27/h2-12,15,17H,13-14,16H2,1H3,(H,26,28)/t17-/m1/s1. The summed E-state index contributed by atoms with van der Waals surface area (Å²) in [7, 11) is -3.66. The van der Waals surface area contributed by atoms with Crippen LogP contribution < -0.4 is 14.4 Å². The summed E-state index contributed by atoms with van der Waals surface area (Å²) in [4.78, 5) is 12.4. The number of halogens is 1. The molecule has 0 spiro atoms. The van der Waals surface area contributed by atoms with Crippen LogP contribution in [0.3, 0.4) is 0 Å². The quantitative estimate of drug-likeness (QED) is 0.505. The predicted octanol–water partition coefficient (Wildman–Crippen LogP) is 4.46. The van der Waals surface area contributed by atoms with Gasteiger partial charge in [-0.3, -0.25) is 9.10 Å². The number of nitrogens with one attached hydrogen (secondary N) is 1. The van der Waals surface area contributed by atoms with Gasteiger partial charge in [-0.2, -0.15) is 0 Å². The van der Waals surface area contributed by atoms with Gasteiger partial charge in [-0.15, -0.1) is 0 Å². The van der Waals surface area contributed by atoms with Gasteiger partial charge in [-0.25, -0.2) is 8.42 Å². The molecule has 1 aliphatic heterocycles. The van der Waals surface area contributed by atoms with Crippen LogP contribution in [0, 0.1) is 0 Å². The van der Waals surface area contributed by atoms with E-state index in [4.69, 9.17) is 4.74 Å². The van der Waals surface area contributed by atoms with Crippen molar-refractivity contribution in [2.24, 2.45) is 0 Å². The smallest absolute Gasteiger partial charge is 0.264 e. The summed E-state index contributed by atoms with van der Waals surface area (Å²) >= 11 is 3.42. The molecule has 32 heavy (non-hydrogen) atoms. The van der Waals surface area contributed by atoms with Crippen molar-refractivity contribution in [3.05, 3.63) is 88.4 Å². The largest absolute Gasteiger partial charge is 0.484 e. The van der Waals surface area contributed by atoms with E-state index in [1.165, 1.54) is 16.4 Å². The highest BCUT2D eigenvalue weighted by Gasteiger charge is 2.30. The van der Waals surface area contributed by atoms with Gasteiger partial charge in [0.05, 0.1) is 16.6 Å². The molecular formula is C24H23BrN2O4S. The summed E-state index contributed by atoms with van der Waals surface area (Å²) in [5.41, 5.74) is 2.73. The maximum atomic E-state index is 13.1. The first kappa shape index (κ1) is 22.4. The number of benzene rings is 3. The first-order chi connectivity index (χ1) is 15.3. The Bertz CT molecular complexity index is 1230. The van der Waals surface area contributed by atoms with E-state index in [1.54, 1.807) is 12.1 Å². The highest BCUT2D eigenvalue weighted by Crippen LogP contribution is 2.33. The summed E-state index contributed by atoms with van der Waals surface area (Å²) in [6, 6.07) is 21.2. The minimum Gasteiger partial charge on any atom is -0.484 e. The van der Waals surface area contributed by atoms with E-state index in [-0.39, 0.29) is 23.5 Å². The van der Waals surface area contributed by atoms with Crippen LogP contribution in [-0.4, -0.2) is 27.5 Å². The van der Waals surface area contributed by atoms with Crippen molar-refractivity contribution in [3.63, 3.8) is 0 Å². The van der Waals surface area contributed by atoms with Crippen LogP contribution in [-0.2, 0) is 21.2 Å². The van der Waals surface area contributed by atoms with E-state index in [0.29, 0.717) is 18.7 Å². The van der Waals surface area contributed by atoms with Crippen molar-refractivity contribution in [1.82, 2.24) is 5.32 Å². The molecule has 0 bridgehead atoms. The zero-order chi connectivity index (χ0) is 22.7.